The lowest BCUT2D eigenvalue weighted by Gasteiger charge is -2.17. The van der Waals surface area contributed by atoms with Crippen LogP contribution in [-0.2, 0) is 0 Å². The Hall–Kier alpha value is -2.02. The molecule has 0 bridgehead atoms. The molecule has 1 aromatic carbocycles. The molecule has 0 aliphatic rings. The molecule has 1 amide bonds. The molecule has 0 unspecified atom stereocenters. The Bertz CT molecular complexity index is 419. The first kappa shape index (κ1) is 11.1. The first-order valence-corrected chi connectivity index (χ1v) is 4.48. The van der Waals surface area contributed by atoms with Gasteiger partial charge in [0.1, 0.15) is 11.3 Å². The van der Waals surface area contributed by atoms with Crippen molar-refractivity contribution in [1.82, 2.24) is 5.32 Å². The number of nitrogens with zero attached hydrogens (tertiary/aromatic N) is 1. The predicted octanol–water partition coefficient (Wildman–Crippen LogP) is 1.42. The largest absolute Gasteiger partial charge is 0.507 e. The van der Waals surface area contributed by atoms with Crippen molar-refractivity contribution in [2.45, 2.75) is 19.4 Å². The molecule has 78 valence electrons. The highest BCUT2D eigenvalue weighted by atomic mass is 16.3. The third kappa shape index (κ3) is 2.71. The maximum Gasteiger partial charge on any atom is 0.256 e. The Labute approximate surface area is 88.2 Å². The molecule has 0 saturated carbocycles. The van der Waals surface area contributed by atoms with Crippen LogP contribution in [0.1, 0.15) is 24.2 Å². The topological polar surface area (TPSA) is 73.1 Å². The highest BCUT2D eigenvalue weighted by molar-refractivity contribution is 5.97. The summed E-state index contributed by atoms with van der Waals surface area (Å²) in [6.45, 7) is 3.18. The van der Waals surface area contributed by atoms with E-state index in [1.807, 2.05) is 6.07 Å². The minimum absolute atomic E-state index is 0.0938. The van der Waals surface area contributed by atoms with E-state index in [1.165, 1.54) is 12.1 Å². The van der Waals surface area contributed by atoms with Crippen LogP contribution in [0.3, 0.4) is 0 Å². The van der Waals surface area contributed by atoms with Crippen molar-refractivity contribution in [3.05, 3.63) is 29.8 Å². The van der Waals surface area contributed by atoms with E-state index in [9.17, 15) is 9.90 Å². The summed E-state index contributed by atoms with van der Waals surface area (Å²) in [6.07, 6.45) is 0. The van der Waals surface area contributed by atoms with Crippen molar-refractivity contribution in [3.63, 3.8) is 0 Å². The number of phenolic OH excluding ortho intramolecular Hbond substituents is 1. The van der Waals surface area contributed by atoms with Crippen molar-refractivity contribution in [3.8, 4) is 11.8 Å². The zero-order valence-corrected chi connectivity index (χ0v) is 8.61. The number of benzene rings is 1. The number of aromatic hydroxyl groups is 1. The Morgan fingerprint density at radius 1 is 1.47 bits per heavy atom. The molecule has 1 aromatic rings. The minimum Gasteiger partial charge on any atom is -0.507 e. The summed E-state index contributed by atoms with van der Waals surface area (Å²) in [5.41, 5.74) is -0.778. The van der Waals surface area contributed by atoms with Gasteiger partial charge in [-0.2, -0.15) is 5.26 Å². The Kier molecular flexibility index (Phi) is 2.96. The van der Waals surface area contributed by atoms with Gasteiger partial charge in [0, 0.05) is 0 Å². The van der Waals surface area contributed by atoms with Gasteiger partial charge in [0.15, 0.2) is 0 Å². The van der Waals surface area contributed by atoms with Crippen LogP contribution in [0, 0.1) is 11.3 Å². The van der Waals surface area contributed by atoms with Crippen LogP contribution in [0.5, 0.6) is 5.75 Å². The number of carbonyl (C=O) groups excluding carboxylic acids is 1. The summed E-state index contributed by atoms with van der Waals surface area (Å²) in [5.74, 6) is -0.552. The molecule has 0 heterocycles. The fourth-order valence-electron chi connectivity index (χ4n) is 1.04. The van der Waals surface area contributed by atoms with Gasteiger partial charge in [-0.1, -0.05) is 12.1 Å². The maximum absolute atomic E-state index is 11.6. The van der Waals surface area contributed by atoms with Gasteiger partial charge in [-0.25, -0.2) is 0 Å². The summed E-state index contributed by atoms with van der Waals surface area (Å²) in [6, 6.07) is 8.14. The Morgan fingerprint density at radius 3 is 2.60 bits per heavy atom. The monoisotopic (exact) mass is 204 g/mol. The van der Waals surface area contributed by atoms with Gasteiger partial charge < -0.3 is 10.4 Å². The lowest BCUT2D eigenvalue weighted by molar-refractivity contribution is 0.0926. The van der Waals surface area contributed by atoms with Gasteiger partial charge >= 0.3 is 0 Å². The molecule has 0 spiro atoms. The third-order valence-corrected chi connectivity index (χ3v) is 1.85. The molecule has 4 heteroatoms. The minimum atomic E-state index is -0.945. The molecule has 0 aliphatic heterocycles. The van der Waals surface area contributed by atoms with Crippen LogP contribution in [0.4, 0.5) is 0 Å². The van der Waals surface area contributed by atoms with Gasteiger partial charge in [0.05, 0.1) is 11.6 Å². The number of carbonyl (C=O) groups is 1. The van der Waals surface area contributed by atoms with Gasteiger partial charge in [0.2, 0.25) is 0 Å². The lowest BCUT2D eigenvalue weighted by atomic mass is 10.1. The van der Waals surface area contributed by atoms with Gasteiger partial charge in [-0.05, 0) is 26.0 Å². The average molecular weight is 204 g/mol. The molecule has 0 fully saturated rings. The predicted molar refractivity (Wildman–Crippen MR) is 55.3 cm³/mol. The Balaban J connectivity index is 2.89. The summed E-state index contributed by atoms with van der Waals surface area (Å²) >= 11 is 0. The number of hydrogen-bond acceptors (Lipinski definition) is 3. The first-order chi connectivity index (χ1) is 6.96. The van der Waals surface area contributed by atoms with Gasteiger partial charge in [0.25, 0.3) is 5.91 Å². The van der Waals surface area contributed by atoms with Crippen LogP contribution in [0.15, 0.2) is 24.3 Å². The molecular formula is C11H12N2O2. The highest BCUT2D eigenvalue weighted by Gasteiger charge is 2.21. The molecule has 1 rings (SSSR count). The standard InChI is InChI=1S/C11H12N2O2/c1-11(2,7-12)13-10(15)8-5-3-4-6-9(8)14/h3-6,14H,1-2H3,(H,13,15). The zero-order valence-electron chi connectivity index (χ0n) is 8.61. The van der Waals surface area contributed by atoms with E-state index in [1.54, 1.807) is 26.0 Å². The molecule has 15 heavy (non-hydrogen) atoms. The highest BCUT2D eigenvalue weighted by Crippen LogP contribution is 2.16. The zero-order chi connectivity index (χ0) is 11.5. The number of nitrogens with one attached hydrogen (secondary N) is 1. The summed E-state index contributed by atoms with van der Waals surface area (Å²) in [7, 11) is 0. The normalized spacial score (nSPS) is 10.5. The number of amides is 1. The molecular weight excluding hydrogens is 192 g/mol. The van der Waals surface area contributed by atoms with E-state index in [0.29, 0.717) is 0 Å². The number of rotatable bonds is 2. The SMILES string of the molecule is CC(C)(C#N)NC(=O)c1ccccc1O. The fourth-order valence-corrected chi connectivity index (χ4v) is 1.04. The van der Waals surface area contributed by atoms with Crippen molar-refractivity contribution >= 4 is 5.91 Å². The van der Waals surface area contributed by atoms with E-state index in [4.69, 9.17) is 5.26 Å². The van der Waals surface area contributed by atoms with Gasteiger partial charge in [-0.3, -0.25) is 4.79 Å². The second-order valence-electron chi connectivity index (χ2n) is 3.71. The second kappa shape index (κ2) is 4.01. The van der Waals surface area contributed by atoms with Crippen LogP contribution in [0.25, 0.3) is 0 Å². The number of nitriles is 1. The number of phenols is 1. The summed E-state index contributed by atoms with van der Waals surface area (Å²) in [4.78, 5) is 11.6. The molecule has 0 saturated heterocycles. The second-order valence-corrected chi connectivity index (χ2v) is 3.71. The number of para-hydroxylation sites is 1. The van der Waals surface area contributed by atoms with Crippen molar-refractivity contribution in [2.24, 2.45) is 0 Å². The van der Waals surface area contributed by atoms with E-state index >= 15 is 0 Å². The first-order valence-electron chi connectivity index (χ1n) is 4.48. The van der Waals surface area contributed by atoms with Gasteiger partial charge in [-0.15, -0.1) is 0 Å². The smallest absolute Gasteiger partial charge is 0.256 e. The van der Waals surface area contributed by atoms with E-state index in [-0.39, 0.29) is 11.3 Å². The molecule has 0 aromatic heterocycles. The lowest BCUT2D eigenvalue weighted by Crippen LogP contribution is -2.42. The van der Waals surface area contributed by atoms with Crippen LogP contribution < -0.4 is 5.32 Å². The molecule has 4 nitrogen and oxygen atoms in total. The van der Waals surface area contributed by atoms with Crippen molar-refractivity contribution in [2.75, 3.05) is 0 Å². The van der Waals surface area contributed by atoms with Crippen molar-refractivity contribution in [1.29, 1.82) is 5.26 Å². The third-order valence-electron chi connectivity index (χ3n) is 1.85. The molecule has 2 N–H and O–H groups in total. The maximum atomic E-state index is 11.6. The fraction of sp³-hybridized carbons (Fsp3) is 0.273. The summed E-state index contributed by atoms with van der Waals surface area (Å²) < 4.78 is 0. The number of hydrogen-bond donors (Lipinski definition) is 2. The molecule has 0 atom stereocenters. The quantitative estimate of drug-likeness (QED) is 0.765. The average Bonchev–Trinajstić information content (AvgIpc) is 2.17. The van der Waals surface area contributed by atoms with Crippen LogP contribution in [-0.4, -0.2) is 16.6 Å². The van der Waals surface area contributed by atoms with E-state index < -0.39 is 11.4 Å². The van der Waals surface area contributed by atoms with E-state index in [0.717, 1.165) is 0 Å². The molecule has 0 aliphatic carbocycles. The molecule has 0 radical (unpaired) electrons. The summed E-state index contributed by atoms with van der Waals surface area (Å²) in [5, 5.41) is 20.6. The van der Waals surface area contributed by atoms with Crippen LogP contribution in [0.2, 0.25) is 0 Å². The Morgan fingerprint density at radius 2 is 2.07 bits per heavy atom. The van der Waals surface area contributed by atoms with Crippen LogP contribution >= 0.6 is 0 Å². The van der Waals surface area contributed by atoms with Crippen molar-refractivity contribution < 1.29 is 9.90 Å². The van der Waals surface area contributed by atoms with E-state index in [2.05, 4.69) is 5.32 Å².